The smallest absolute Gasteiger partial charge is 0.220 e. The highest BCUT2D eigenvalue weighted by molar-refractivity contribution is 5.76. The van der Waals surface area contributed by atoms with Crippen molar-refractivity contribution in [3.05, 3.63) is 59.2 Å². The van der Waals surface area contributed by atoms with Gasteiger partial charge in [-0.2, -0.15) is 0 Å². The minimum Gasteiger partial charge on any atom is -0.352 e. The first kappa shape index (κ1) is 17.5. The van der Waals surface area contributed by atoms with Gasteiger partial charge in [0.15, 0.2) is 0 Å². The average molecular weight is 338 g/mol. The molecule has 25 heavy (non-hydrogen) atoms. The van der Waals surface area contributed by atoms with Crippen LogP contribution in [0.1, 0.15) is 47.8 Å². The first-order chi connectivity index (χ1) is 12.1. The molecule has 1 amide bonds. The van der Waals surface area contributed by atoms with Crippen molar-refractivity contribution in [1.82, 2.24) is 20.2 Å². The molecule has 3 heterocycles. The van der Waals surface area contributed by atoms with Crippen LogP contribution in [-0.4, -0.2) is 34.4 Å². The topological polar surface area (TPSA) is 58.1 Å². The number of nitrogens with one attached hydrogen (secondary N) is 1. The normalized spacial score (nSPS) is 17.6. The van der Waals surface area contributed by atoms with Crippen molar-refractivity contribution in [2.24, 2.45) is 0 Å². The van der Waals surface area contributed by atoms with Crippen molar-refractivity contribution < 1.29 is 4.79 Å². The molecule has 2 aromatic heterocycles. The zero-order valence-electron chi connectivity index (χ0n) is 15.0. The summed E-state index contributed by atoms with van der Waals surface area (Å²) in [7, 11) is 2.16. The van der Waals surface area contributed by atoms with Gasteiger partial charge in [-0.1, -0.05) is 6.07 Å². The molecule has 3 rings (SSSR count). The van der Waals surface area contributed by atoms with Gasteiger partial charge in [0.1, 0.15) is 0 Å². The zero-order chi connectivity index (χ0) is 17.6. The molecule has 1 fully saturated rings. The lowest BCUT2D eigenvalue weighted by atomic mass is 10.0. The maximum Gasteiger partial charge on any atom is 0.220 e. The summed E-state index contributed by atoms with van der Waals surface area (Å²) in [6.07, 6.45) is 7.13. The quantitative estimate of drug-likeness (QED) is 0.880. The fraction of sp³-hybridized carbons (Fsp3) is 0.450. The fourth-order valence-electron chi connectivity index (χ4n) is 3.42. The molecule has 0 radical (unpaired) electrons. The zero-order valence-corrected chi connectivity index (χ0v) is 15.0. The van der Waals surface area contributed by atoms with E-state index in [0.717, 1.165) is 36.3 Å². The minimum atomic E-state index is 0.0675. The van der Waals surface area contributed by atoms with Crippen LogP contribution < -0.4 is 5.32 Å². The molecule has 1 unspecified atom stereocenters. The van der Waals surface area contributed by atoms with Crippen LogP contribution in [0.4, 0.5) is 0 Å². The van der Waals surface area contributed by atoms with Crippen LogP contribution in [0, 0.1) is 6.92 Å². The van der Waals surface area contributed by atoms with E-state index in [-0.39, 0.29) is 5.91 Å². The number of rotatable bonds is 6. The van der Waals surface area contributed by atoms with Crippen LogP contribution in [0.25, 0.3) is 0 Å². The molecule has 0 aromatic carbocycles. The van der Waals surface area contributed by atoms with Gasteiger partial charge in [-0.25, -0.2) is 0 Å². The molecule has 1 aliphatic rings. The minimum absolute atomic E-state index is 0.0675. The number of hydrogen-bond acceptors (Lipinski definition) is 4. The summed E-state index contributed by atoms with van der Waals surface area (Å²) >= 11 is 0. The highest BCUT2D eigenvalue weighted by Gasteiger charge is 2.24. The van der Waals surface area contributed by atoms with Crippen LogP contribution in [0.5, 0.6) is 0 Å². The Bertz CT molecular complexity index is 717. The first-order valence-corrected chi connectivity index (χ1v) is 8.95. The SMILES string of the molecule is Cc1cc(CCC(=O)NCc2cccnc2)cc(C2CCCN2C)n1. The lowest BCUT2D eigenvalue weighted by Gasteiger charge is -2.20. The second-order valence-electron chi connectivity index (χ2n) is 6.82. The van der Waals surface area contributed by atoms with E-state index >= 15 is 0 Å². The van der Waals surface area contributed by atoms with Gasteiger partial charge in [-0.05, 0) is 69.1 Å². The molecule has 0 spiro atoms. The lowest BCUT2D eigenvalue weighted by molar-refractivity contribution is -0.121. The van der Waals surface area contributed by atoms with E-state index < -0.39 is 0 Å². The number of carbonyl (C=O) groups excluding carboxylic acids is 1. The third kappa shape index (κ3) is 4.86. The largest absolute Gasteiger partial charge is 0.352 e. The summed E-state index contributed by atoms with van der Waals surface area (Å²) in [5.41, 5.74) is 4.39. The third-order valence-corrected chi connectivity index (χ3v) is 4.75. The molecule has 0 bridgehead atoms. The first-order valence-electron chi connectivity index (χ1n) is 8.95. The number of amides is 1. The molecule has 1 aliphatic heterocycles. The third-order valence-electron chi connectivity index (χ3n) is 4.75. The summed E-state index contributed by atoms with van der Waals surface area (Å²) in [5, 5.41) is 2.96. The standard InChI is InChI=1S/C20H26N4O/c1-15-11-16(12-18(23-15)19-6-4-10-24(19)2)7-8-20(25)22-14-17-5-3-9-21-13-17/h3,5,9,11-13,19H,4,6-8,10,14H2,1-2H3,(H,22,25). The van der Waals surface area contributed by atoms with Crippen LogP contribution in [-0.2, 0) is 17.8 Å². The Balaban J connectivity index is 1.55. The number of likely N-dealkylation sites (tertiary alicyclic amines) is 1. The second kappa shape index (κ2) is 8.21. The van der Waals surface area contributed by atoms with E-state index in [4.69, 9.17) is 4.98 Å². The Labute approximate surface area is 149 Å². The molecule has 1 saturated heterocycles. The Morgan fingerprint density at radius 1 is 1.36 bits per heavy atom. The van der Waals surface area contributed by atoms with Crippen molar-refractivity contribution in [1.29, 1.82) is 0 Å². The van der Waals surface area contributed by atoms with Crippen LogP contribution >= 0.6 is 0 Å². The summed E-state index contributed by atoms with van der Waals surface area (Å²) in [6, 6.07) is 8.52. The number of nitrogens with zero attached hydrogens (tertiary/aromatic N) is 3. The van der Waals surface area contributed by atoms with Crippen molar-refractivity contribution in [3.63, 3.8) is 0 Å². The molecule has 1 atom stereocenters. The second-order valence-corrected chi connectivity index (χ2v) is 6.82. The monoisotopic (exact) mass is 338 g/mol. The van der Waals surface area contributed by atoms with Crippen molar-refractivity contribution in [2.45, 2.75) is 45.2 Å². The summed E-state index contributed by atoms with van der Waals surface area (Å²) < 4.78 is 0. The van der Waals surface area contributed by atoms with E-state index in [1.54, 1.807) is 12.4 Å². The molecule has 2 aromatic rings. The van der Waals surface area contributed by atoms with Gasteiger partial charge in [0, 0.05) is 31.1 Å². The molecule has 5 nitrogen and oxygen atoms in total. The van der Waals surface area contributed by atoms with Gasteiger partial charge in [0.05, 0.1) is 11.7 Å². The Morgan fingerprint density at radius 3 is 2.96 bits per heavy atom. The van der Waals surface area contributed by atoms with Gasteiger partial charge in [0.25, 0.3) is 0 Å². The van der Waals surface area contributed by atoms with Crippen molar-refractivity contribution >= 4 is 5.91 Å². The molecule has 132 valence electrons. The van der Waals surface area contributed by atoms with Gasteiger partial charge in [-0.3, -0.25) is 19.7 Å². The molecule has 1 N–H and O–H groups in total. The van der Waals surface area contributed by atoms with Crippen LogP contribution in [0.3, 0.4) is 0 Å². The molecule has 5 heteroatoms. The van der Waals surface area contributed by atoms with Gasteiger partial charge in [0.2, 0.25) is 5.91 Å². The van der Waals surface area contributed by atoms with E-state index in [9.17, 15) is 4.79 Å². The number of hydrogen-bond donors (Lipinski definition) is 1. The Kier molecular flexibility index (Phi) is 5.76. The molecular weight excluding hydrogens is 312 g/mol. The predicted molar refractivity (Wildman–Crippen MR) is 98.0 cm³/mol. The summed E-state index contributed by atoms with van der Waals surface area (Å²) in [6.45, 7) is 3.69. The van der Waals surface area contributed by atoms with Gasteiger partial charge < -0.3 is 5.32 Å². The molecule has 0 saturated carbocycles. The van der Waals surface area contributed by atoms with Crippen molar-refractivity contribution in [3.8, 4) is 0 Å². The van der Waals surface area contributed by atoms with E-state index in [0.29, 0.717) is 19.0 Å². The highest BCUT2D eigenvalue weighted by Crippen LogP contribution is 2.29. The average Bonchev–Trinajstić information content (AvgIpc) is 3.04. The number of aryl methyl sites for hydroxylation is 2. The maximum atomic E-state index is 12.1. The van der Waals surface area contributed by atoms with Crippen LogP contribution in [0.15, 0.2) is 36.7 Å². The number of carbonyl (C=O) groups is 1. The number of aromatic nitrogens is 2. The van der Waals surface area contributed by atoms with E-state index in [1.807, 2.05) is 19.1 Å². The predicted octanol–water partition coefficient (Wildman–Crippen LogP) is 2.80. The maximum absolute atomic E-state index is 12.1. The Hall–Kier alpha value is -2.27. The van der Waals surface area contributed by atoms with Crippen molar-refractivity contribution in [2.75, 3.05) is 13.6 Å². The van der Waals surface area contributed by atoms with Crippen LogP contribution in [0.2, 0.25) is 0 Å². The van der Waals surface area contributed by atoms with Gasteiger partial charge in [-0.15, -0.1) is 0 Å². The van der Waals surface area contributed by atoms with Gasteiger partial charge >= 0.3 is 0 Å². The number of pyridine rings is 2. The summed E-state index contributed by atoms with van der Waals surface area (Å²) in [5.74, 6) is 0.0675. The lowest BCUT2D eigenvalue weighted by Crippen LogP contribution is -2.23. The fourth-order valence-corrected chi connectivity index (χ4v) is 3.42. The van der Waals surface area contributed by atoms with E-state index in [1.165, 1.54) is 12.0 Å². The van der Waals surface area contributed by atoms with E-state index in [2.05, 4.69) is 34.4 Å². The molecular formula is C20H26N4O. The molecule has 0 aliphatic carbocycles. The Morgan fingerprint density at radius 2 is 2.24 bits per heavy atom. The summed E-state index contributed by atoms with van der Waals surface area (Å²) in [4.78, 5) is 23.3. The highest BCUT2D eigenvalue weighted by atomic mass is 16.1.